The lowest BCUT2D eigenvalue weighted by Gasteiger charge is -2.33. The lowest BCUT2D eigenvalue weighted by Crippen LogP contribution is -2.47. The monoisotopic (exact) mass is 349 g/mol. The Morgan fingerprint density at radius 3 is 2.84 bits per heavy atom. The number of nitrogens with zero attached hydrogens (tertiary/aromatic N) is 5. The maximum Gasteiger partial charge on any atom is 0.251 e. The summed E-state index contributed by atoms with van der Waals surface area (Å²) in [5.41, 5.74) is 8.32. The minimum absolute atomic E-state index is 0.183. The van der Waals surface area contributed by atoms with Crippen LogP contribution < -0.4 is 5.56 Å². The van der Waals surface area contributed by atoms with E-state index in [1.54, 1.807) is 0 Å². The van der Waals surface area contributed by atoms with Crippen molar-refractivity contribution in [3.8, 4) is 0 Å². The molecule has 0 saturated carbocycles. The number of likely N-dealkylation sites (tertiary alicyclic amines) is 1. The van der Waals surface area contributed by atoms with Gasteiger partial charge in [-0.2, -0.15) is 0 Å². The average Bonchev–Trinajstić information content (AvgIpc) is 2.56. The quantitative estimate of drug-likeness (QED) is 0.520. The second kappa shape index (κ2) is 7.18. The maximum atomic E-state index is 13.9. The van der Waals surface area contributed by atoms with Gasteiger partial charge in [0.15, 0.2) is 0 Å². The normalized spacial score (nSPS) is 21.2. The summed E-state index contributed by atoms with van der Waals surface area (Å²) in [6.07, 6.45) is -0.261. The van der Waals surface area contributed by atoms with E-state index in [2.05, 4.69) is 10.0 Å². The molecule has 1 N–H and O–H groups in total. The third-order valence-corrected chi connectivity index (χ3v) is 4.49. The summed E-state index contributed by atoms with van der Waals surface area (Å²) in [6, 6.07) is 4.07. The summed E-state index contributed by atoms with van der Waals surface area (Å²) in [5, 5.41) is 13.7. The lowest BCUT2D eigenvalue weighted by atomic mass is 10.0. The number of fused-ring (bicyclic) bond motifs is 1. The predicted molar refractivity (Wildman–Crippen MR) is 88.1 cm³/mol. The molecule has 3 rings (SSSR count). The van der Waals surface area contributed by atoms with Crippen molar-refractivity contribution in [3.05, 3.63) is 56.7 Å². The van der Waals surface area contributed by atoms with Crippen LogP contribution >= 0.6 is 0 Å². The summed E-state index contributed by atoms with van der Waals surface area (Å²) in [4.78, 5) is 16.8. The number of azide groups is 1. The molecule has 25 heavy (non-hydrogen) atoms. The van der Waals surface area contributed by atoms with Crippen LogP contribution in [0.25, 0.3) is 21.3 Å². The minimum atomic E-state index is -0.774. The number of piperidine rings is 1. The van der Waals surface area contributed by atoms with Crippen molar-refractivity contribution in [1.29, 1.82) is 0 Å². The first-order chi connectivity index (χ1) is 12.0. The van der Waals surface area contributed by atoms with Gasteiger partial charge in [-0.15, -0.1) is 0 Å². The fourth-order valence-corrected chi connectivity index (χ4v) is 3.18. The van der Waals surface area contributed by atoms with Crippen LogP contribution in [-0.4, -0.2) is 46.4 Å². The Morgan fingerprint density at radius 1 is 1.32 bits per heavy atom. The van der Waals surface area contributed by atoms with E-state index in [4.69, 9.17) is 5.53 Å². The number of hydrogen-bond donors (Lipinski definition) is 1. The fraction of sp³-hybridized carbons (Fsp3) is 0.438. The van der Waals surface area contributed by atoms with Crippen molar-refractivity contribution in [1.82, 2.24) is 9.47 Å². The highest BCUT2D eigenvalue weighted by Gasteiger charge is 2.26. The highest BCUT2D eigenvalue weighted by atomic mass is 19.1. The molecule has 0 amide bonds. The smallest absolute Gasteiger partial charge is 0.251 e. The van der Waals surface area contributed by atoms with Crippen LogP contribution in [0.3, 0.4) is 0 Å². The molecule has 7 nitrogen and oxygen atoms in total. The summed E-state index contributed by atoms with van der Waals surface area (Å²) >= 11 is 0. The van der Waals surface area contributed by atoms with E-state index in [9.17, 15) is 18.7 Å². The van der Waals surface area contributed by atoms with E-state index in [0.29, 0.717) is 26.1 Å². The molecule has 0 spiro atoms. The molecule has 132 valence electrons. The van der Waals surface area contributed by atoms with Gasteiger partial charge in [0, 0.05) is 42.1 Å². The van der Waals surface area contributed by atoms with Crippen molar-refractivity contribution in [2.75, 3.05) is 19.6 Å². The second-order valence-corrected chi connectivity index (χ2v) is 6.07. The zero-order valence-electron chi connectivity index (χ0n) is 13.3. The van der Waals surface area contributed by atoms with Crippen LogP contribution in [0.5, 0.6) is 0 Å². The van der Waals surface area contributed by atoms with Crippen molar-refractivity contribution in [2.45, 2.75) is 25.1 Å². The third-order valence-electron chi connectivity index (χ3n) is 4.49. The van der Waals surface area contributed by atoms with E-state index in [1.807, 2.05) is 4.90 Å². The molecule has 1 saturated heterocycles. The molecule has 0 bridgehead atoms. The van der Waals surface area contributed by atoms with E-state index in [-0.39, 0.29) is 23.0 Å². The van der Waals surface area contributed by atoms with Gasteiger partial charge in [-0.25, -0.2) is 8.78 Å². The van der Waals surface area contributed by atoms with Gasteiger partial charge in [0.25, 0.3) is 5.56 Å². The van der Waals surface area contributed by atoms with E-state index in [0.717, 1.165) is 12.1 Å². The number of rotatable bonds is 4. The molecule has 2 aromatic rings. The Bertz CT molecular complexity index is 894. The topological polar surface area (TPSA) is 94.2 Å². The van der Waals surface area contributed by atoms with Crippen LogP contribution in [0.2, 0.25) is 0 Å². The van der Waals surface area contributed by atoms with E-state index in [1.165, 1.54) is 16.7 Å². The molecule has 0 radical (unpaired) electrons. The molecule has 2 heterocycles. The van der Waals surface area contributed by atoms with Gasteiger partial charge in [-0.1, -0.05) is 5.11 Å². The van der Waals surface area contributed by atoms with Crippen LogP contribution in [0.1, 0.15) is 6.42 Å². The predicted octanol–water partition coefficient (Wildman–Crippen LogP) is 2.03. The second-order valence-electron chi connectivity index (χ2n) is 6.07. The molecule has 1 aromatic carbocycles. The largest absolute Gasteiger partial charge is 0.391 e. The molecular weight excluding hydrogens is 332 g/mol. The fourth-order valence-electron chi connectivity index (χ4n) is 3.18. The van der Waals surface area contributed by atoms with Gasteiger partial charge in [-0.3, -0.25) is 9.69 Å². The Hall–Kier alpha value is -2.48. The maximum absolute atomic E-state index is 13.9. The first-order valence-corrected chi connectivity index (χ1v) is 7.93. The standard InChI is InChI=1S/C16H17F2N5O2/c17-10-7-12(18)11-1-2-16(25)23(14(11)8-10)6-5-22-4-3-13(20-21-19)15(24)9-22/h1-2,7-8,13,15,24H,3-6,9H2. The summed E-state index contributed by atoms with van der Waals surface area (Å²) < 4.78 is 28.7. The van der Waals surface area contributed by atoms with E-state index < -0.39 is 23.8 Å². The average molecular weight is 349 g/mol. The lowest BCUT2D eigenvalue weighted by molar-refractivity contribution is 0.0522. The first kappa shape index (κ1) is 17.3. The number of pyridine rings is 1. The molecule has 1 fully saturated rings. The number of aromatic nitrogens is 1. The van der Waals surface area contributed by atoms with Gasteiger partial charge in [0.05, 0.1) is 17.7 Å². The molecule has 0 aliphatic carbocycles. The number of benzene rings is 1. The third kappa shape index (κ3) is 3.63. The van der Waals surface area contributed by atoms with Crippen molar-refractivity contribution < 1.29 is 13.9 Å². The van der Waals surface area contributed by atoms with Crippen molar-refractivity contribution in [2.24, 2.45) is 5.11 Å². The highest BCUT2D eigenvalue weighted by Crippen LogP contribution is 2.19. The Balaban J connectivity index is 1.79. The molecule has 9 heteroatoms. The van der Waals surface area contributed by atoms with Gasteiger partial charge < -0.3 is 9.67 Å². The Labute approximate surface area is 141 Å². The van der Waals surface area contributed by atoms with Crippen molar-refractivity contribution >= 4 is 10.9 Å². The SMILES string of the molecule is [N-]=[N+]=NC1CCN(CCn2c(=O)ccc3c(F)cc(F)cc32)CC1O. The summed E-state index contributed by atoms with van der Waals surface area (Å²) in [6.45, 7) is 1.57. The minimum Gasteiger partial charge on any atom is -0.391 e. The molecule has 2 unspecified atom stereocenters. The van der Waals surface area contributed by atoms with Crippen molar-refractivity contribution in [3.63, 3.8) is 0 Å². The number of aliphatic hydroxyl groups excluding tert-OH is 1. The van der Waals surface area contributed by atoms with Gasteiger partial charge in [0.2, 0.25) is 0 Å². The molecular formula is C16H17F2N5O2. The van der Waals surface area contributed by atoms with E-state index >= 15 is 0 Å². The molecule has 1 aromatic heterocycles. The van der Waals surface area contributed by atoms with Crippen LogP contribution in [0, 0.1) is 11.6 Å². The number of β-amino-alcohol motifs (C(OH)–C–C–N with tert-alkyl or cyclic N) is 1. The molecule has 1 aliphatic heterocycles. The van der Waals surface area contributed by atoms with Gasteiger partial charge >= 0.3 is 0 Å². The molecule has 2 atom stereocenters. The number of aliphatic hydroxyl groups is 1. The summed E-state index contributed by atoms with van der Waals surface area (Å²) in [7, 11) is 0. The first-order valence-electron chi connectivity index (χ1n) is 7.93. The number of hydrogen-bond acceptors (Lipinski definition) is 4. The van der Waals surface area contributed by atoms with Crippen LogP contribution in [-0.2, 0) is 6.54 Å². The summed E-state index contributed by atoms with van der Waals surface area (Å²) in [5.74, 6) is -1.45. The van der Waals surface area contributed by atoms with Crippen LogP contribution in [0.4, 0.5) is 8.78 Å². The van der Waals surface area contributed by atoms with Crippen LogP contribution in [0.15, 0.2) is 34.2 Å². The Morgan fingerprint density at radius 2 is 2.12 bits per heavy atom. The zero-order valence-corrected chi connectivity index (χ0v) is 13.3. The zero-order chi connectivity index (χ0) is 18.0. The highest BCUT2D eigenvalue weighted by molar-refractivity contribution is 5.79. The number of halogens is 2. The Kier molecular flexibility index (Phi) is 4.98. The molecule has 1 aliphatic rings. The van der Waals surface area contributed by atoms with Gasteiger partial charge in [0.1, 0.15) is 11.6 Å². The van der Waals surface area contributed by atoms with Gasteiger partial charge in [-0.05, 0) is 30.6 Å².